The smallest absolute Gasteiger partial charge is 0.305 e. The first-order valence-electron chi connectivity index (χ1n) is 5.78. The molecule has 0 fully saturated rings. The van der Waals surface area contributed by atoms with E-state index < -0.39 is 0 Å². The zero-order chi connectivity index (χ0) is 12.8. The monoisotopic (exact) mass is 256 g/mol. The molecule has 1 aromatic heterocycles. The molecule has 1 aromatic rings. The zero-order valence-electron chi connectivity index (χ0n) is 10.9. The van der Waals surface area contributed by atoms with Gasteiger partial charge in [0, 0.05) is 17.3 Å². The van der Waals surface area contributed by atoms with E-state index in [1.54, 1.807) is 11.3 Å². The maximum absolute atomic E-state index is 10.9. The molecule has 1 heterocycles. The highest BCUT2D eigenvalue weighted by molar-refractivity contribution is 7.11. The van der Waals surface area contributed by atoms with Gasteiger partial charge in [-0.15, -0.1) is 11.3 Å². The summed E-state index contributed by atoms with van der Waals surface area (Å²) in [5.41, 5.74) is 1.12. The second kappa shape index (κ2) is 6.71. The number of nitrogens with zero attached hydrogens (tertiary/aromatic N) is 1. The number of hydrogen-bond acceptors (Lipinski definition) is 5. The second-order valence-corrected chi connectivity index (χ2v) is 5.44. The number of thiazole rings is 1. The van der Waals surface area contributed by atoms with Crippen LogP contribution in [-0.2, 0) is 9.53 Å². The molecule has 17 heavy (non-hydrogen) atoms. The maximum atomic E-state index is 10.9. The molecule has 1 atom stereocenters. The molecule has 4 nitrogen and oxygen atoms in total. The molecule has 0 radical (unpaired) electrons. The molecule has 0 aromatic carbocycles. The largest absolute Gasteiger partial charge is 0.469 e. The third-order valence-electron chi connectivity index (χ3n) is 2.59. The topological polar surface area (TPSA) is 51.2 Å². The van der Waals surface area contributed by atoms with Gasteiger partial charge >= 0.3 is 5.97 Å². The molecule has 1 unspecified atom stereocenters. The minimum Gasteiger partial charge on any atom is -0.469 e. The average molecular weight is 256 g/mol. The van der Waals surface area contributed by atoms with Gasteiger partial charge in [-0.05, 0) is 33.7 Å². The number of carbonyl (C=O) groups is 1. The predicted molar refractivity (Wildman–Crippen MR) is 69.3 cm³/mol. The quantitative estimate of drug-likeness (QED) is 0.627. The minimum absolute atomic E-state index is 0.153. The van der Waals surface area contributed by atoms with Crippen molar-refractivity contribution >= 4 is 17.3 Å². The third-order valence-corrected chi connectivity index (χ3v) is 3.49. The molecule has 1 N–H and O–H groups in total. The van der Waals surface area contributed by atoms with E-state index in [-0.39, 0.29) is 12.0 Å². The van der Waals surface area contributed by atoms with Crippen molar-refractivity contribution in [3.05, 3.63) is 15.6 Å². The van der Waals surface area contributed by atoms with Gasteiger partial charge in [-0.2, -0.15) is 0 Å². The Labute approximate surface area is 106 Å². The first-order valence-corrected chi connectivity index (χ1v) is 6.60. The van der Waals surface area contributed by atoms with Crippen molar-refractivity contribution < 1.29 is 9.53 Å². The highest BCUT2D eigenvalue weighted by Gasteiger charge is 2.12. The fraction of sp³-hybridized carbons (Fsp3) is 0.667. The molecule has 0 saturated carbocycles. The minimum atomic E-state index is -0.153. The molecular formula is C12H20N2O2S. The van der Waals surface area contributed by atoms with Gasteiger partial charge in [-0.25, -0.2) is 4.98 Å². The van der Waals surface area contributed by atoms with Crippen LogP contribution in [0, 0.1) is 13.8 Å². The first kappa shape index (κ1) is 14.1. The van der Waals surface area contributed by atoms with Crippen LogP contribution in [0.25, 0.3) is 0 Å². The van der Waals surface area contributed by atoms with Gasteiger partial charge < -0.3 is 10.1 Å². The van der Waals surface area contributed by atoms with E-state index in [1.807, 2.05) is 6.92 Å². The molecule has 0 aliphatic carbocycles. The molecular weight excluding hydrogens is 236 g/mol. The summed E-state index contributed by atoms with van der Waals surface area (Å²) < 4.78 is 4.59. The van der Waals surface area contributed by atoms with Crippen LogP contribution in [-0.4, -0.2) is 24.6 Å². The van der Waals surface area contributed by atoms with E-state index in [2.05, 4.69) is 28.9 Å². The van der Waals surface area contributed by atoms with Gasteiger partial charge in [0.2, 0.25) is 0 Å². The summed E-state index contributed by atoms with van der Waals surface area (Å²) in [5.74, 6) is -0.153. The Bertz CT molecular complexity index is 377. The van der Waals surface area contributed by atoms with Gasteiger partial charge in [0.15, 0.2) is 0 Å². The Morgan fingerprint density at radius 3 is 2.76 bits per heavy atom. The van der Waals surface area contributed by atoms with Crippen LogP contribution in [0.15, 0.2) is 0 Å². The highest BCUT2D eigenvalue weighted by atomic mass is 32.1. The van der Waals surface area contributed by atoms with Crippen molar-refractivity contribution in [1.82, 2.24) is 10.3 Å². The van der Waals surface area contributed by atoms with Crippen molar-refractivity contribution in [2.45, 2.75) is 39.7 Å². The van der Waals surface area contributed by atoms with E-state index in [4.69, 9.17) is 0 Å². The molecule has 5 heteroatoms. The van der Waals surface area contributed by atoms with Crippen LogP contribution < -0.4 is 5.32 Å². The van der Waals surface area contributed by atoms with Gasteiger partial charge in [0.1, 0.15) is 0 Å². The number of hydrogen-bond donors (Lipinski definition) is 1. The van der Waals surface area contributed by atoms with Crippen molar-refractivity contribution in [3.63, 3.8) is 0 Å². The summed E-state index contributed by atoms with van der Waals surface area (Å²) in [5, 5.41) is 4.47. The summed E-state index contributed by atoms with van der Waals surface area (Å²) in [7, 11) is 1.42. The van der Waals surface area contributed by atoms with Gasteiger partial charge in [-0.1, -0.05) is 0 Å². The lowest BCUT2D eigenvalue weighted by atomic mass is 10.2. The van der Waals surface area contributed by atoms with Crippen LogP contribution in [0.5, 0.6) is 0 Å². The number of ether oxygens (including phenoxy) is 1. The van der Waals surface area contributed by atoms with Gasteiger partial charge in [-0.3, -0.25) is 4.79 Å². The van der Waals surface area contributed by atoms with Crippen LogP contribution >= 0.6 is 11.3 Å². The van der Waals surface area contributed by atoms with Gasteiger partial charge in [0.05, 0.1) is 17.8 Å². The number of rotatable bonds is 6. The lowest BCUT2D eigenvalue weighted by Crippen LogP contribution is -2.21. The lowest BCUT2D eigenvalue weighted by molar-refractivity contribution is -0.140. The second-order valence-electron chi connectivity index (χ2n) is 4.03. The van der Waals surface area contributed by atoms with E-state index in [9.17, 15) is 4.79 Å². The number of esters is 1. The number of carbonyl (C=O) groups excluding carboxylic acids is 1. The van der Waals surface area contributed by atoms with Gasteiger partial charge in [0.25, 0.3) is 0 Å². The highest BCUT2D eigenvalue weighted by Crippen LogP contribution is 2.22. The van der Waals surface area contributed by atoms with Crippen molar-refractivity contribution in [3.8, 4) is 0 Å². The molecule has 1 rings (SSSR count). The molecule has 0 saturated heterocycles. The number of nitrogens with one attached hydrogen (secondary N) is 1. The third kappa shape index (κ3) is 4.44. The fourth-order valence-electron chi connectivity index (χ4n) is 1.70. The fourth-order valence-corrected chi connectivity index (χ4v) is 2.61. The van der Waals surface area contributed by atoms with Crippen LogP contribution in [0.1, 0.15) is 41.4 Å². The number of aryl methyl sites for hydroxylation is 2. The first-order chi connectivity index (χ1) is 8.04. The number of methoxy groups -OCH3 is 1. The van der Waals surface area contributed by atoms with E-state index in [0.717, 1.165) is 23.7 Å². The van der Waals surface area contributed by atoms with E-state index in [0.29, 0.717) is 6.42 Å². The van der Waals surface area contributed by atoms with Crippen LogP contribution in [0.2, 0.25) is 0 Å². The Hall–Kier alpha value is -0.940. The van der Waals surface area contributed by atoms with Crippen LogP contribution in [0.3, 0.4) is 0 Å². The Morgan fingerprint density at radius 2 is 2.24 bits per heavy atom. The summed E-state index contributed by atoms with van der Waals surface area (Å²) in [6.07, 6.45) is 1.25. The Balaban J connectivity index is 2.32. The lowest BCUT2D eigenvalue weighted by Gasteiger charge is -2.12. The molecule has 0 aliphatic heterocycles. The molecule has 0 bridgehead atoms. The van der Waals surface area contributed by atoms with E-state index in [1.165, 1.54) is 12.0 Å². The average Bonchev–Trinajstić information content (AvgIpc) is 2.63. The molecule has 0 spiro atoms. The zero-order valence-corrected chi connectivity index (χ0v) is 11.7. The SMILES string of the molecule is COC(=O)CCCNC(C)c1nc(C)sc1C. The van der Waals surface area contributed by atoms with Crippen molar-refractivity contribution in [2.24, 2.45) is 0 Å². The van der Waals surface area contributed by atoms with E-state index >= 15 is 0 Å². The Morgan fingerprint density at radius 1 is 1.53 bits per heavy atom. The normalized spacial score (nSPS) is 12.5. The summed E-state index contributed by atoms with van der Waals surface area (Å²) in [6, 6.07) is 0.234. The van der Waals surface area contributed by atoms with Crippen molar-refractivity contribution in [1.29, 1.82) is 0 Å². The predicted octanol–water partition coefficient (Wildman–Crippen LogP) is 2.36. The van der Waals surface area contributed by atoms with Crippen molar-refractivity contribution in [2.75, 3.05) is 13.7 Å². The molecule has 0 aliphatic rings. The summed E-state index contributed by atoms with van der Waals surface area (Å²) in [6.45, 7) is 7.00. The maximum Gasteiger partial charge on any atom is 0.305 e. The van der Waals surface area contributed by atoms with Crippen LogP contribution in [0.4, 0.5) is 0 Å². The number of aromatic nitrogens is 1. The standard InChI is InChI=1S/C12H20N2O2S/c1-8(12-9(2)17-10(3)14-12)13-7-5-6-11(15)16-4/h8,13H,5-7H2,1-4H3. The molecule has 96 valence electrons. The molecule has 0 amide bonds. The summed E-state index contributed by atoms with van der Waals surface area (Å²) in [4.78, 5) is 16.7. The summed E-state index contributed by atoms with van der Waals surface area (Å²) >= 11 is 1.72. The Kier molecular flexibility index (Phi) is 5.58.